The predicted octanol–water partition coefficient (Wildman–Crippen LogP) is 3.28. The molecule has 5 nitrogen and oxygen atoms in total. The fourth-order valence-corrected chi connectivity index (χ4v) is 1.66. The van der Waals surface area contributed by atoms with Gasteiger partial charge < -0.3 is 10.2 Å². The van der Waals surface area contributed by atoms with Gasteiger partial charge in [-0.3, -0.25) is 0 Å². The number of aromatic nitrogens is 2. The van der Waals surface area contributed by atoms with Crippen molar-refractivity contribution < 1.29 is 4.39 Å². The molecule has 0 radical (unpaired) electrons. The van der Waals surface area contributed by atoms with Crippen molar-refractivity contribution in [2.75, 3.05) is 18.9 Å². The summed E-state index contributed by atoms with van der Waals surface area (Å²) in [5.74, 6) is 0.0668. The zero-order valence-electron chi connectivity index (χ0n) is 12.3. The Balaban J connectivity index is 2.30. The maximum absolute atomic E-state index is 13.7. The topological polar surface area (TPSA) is 53.4 Å². The molecule has 0 unspecified atom stereocenters. The lowest BCUT2D eigenvalue weighted by molar-refractivity contribution is 0.552. The van der Waals surface area contributed by atoms with E-state index in [4.69, 9.17) is 0 Å². The maximum atomic E-state index is 13.7. The number of hydrogen-bond donors (Lipinski definition) is 1. The number of nitrogens with one attached hydrogen (secondary N) is 1. The van der Waals surface area contributed by atoms with Gasteiger partial charge in [-0.15, -0.1) is 0 Å². The summed E-state index contributed by atoms with van der Waals surface area (Å²) >= 11 is 0. The molecule has 0 fully saturated rings. The predicted molar refractivity (Wildman–Crippen MR) is 82.9 cm³/mol. The van der Waals surface area contributed by atoms with Crippen LogP contribution in [0.25, 0.3) is 0 Å². The Bertz CT molecular complexity index is 627. The number of hydrogen-bond acceptors (Lipinski definition) is 4. The summed E-state index contributed by atoms with van der Waals surface area (Å²) < 4.78 is 13.7. The van der Waals surface area contributed by atoms with Crippen molar-refractivity contribution in [3.8, 4) is 0 Å². The van der Waals surface area contributed by atoms with Gasteiger partial charge in [0.1, 0.15) is 5.82 Å². The summed E-state index contributed by atoms with van der Waals surface area (Å²) in [6.07, 6.45) is 4.93. The normalized spacial score (nSPS) is 10.9. The molecule has 0 aliphatic rings. The third kappa shape index (κ3) is 3.98. The van der Waals surface area contributed by atoms with Crippen molar-refractivity contribution in [2.24, 2.45) is 4.99 Å². The van der Waals surface area contributed by atoms with E-state index >= 15 is 0 Å². The van der Waals surface area contributed by atoms with Crippen LogP contribution in [-0.4, -0.2) is 34.8 Å². The molecule has 21 heavy (non-hydrogen) atoms. The second-order valence-corrected chi connectivity index (χ2v) is 4.61. The summed E-state index contributed by atoms with van der Waals surface area (Å²) in [5.41, 5.74) is 2.02. The first-order chi connectivity index (χ1) is 10.1. The van der Waals surface area contributed by atoms with E-state index in [1.807, 2.05) is 25.8 Å². The first-order valence-corrected chi connectivity index (χ1v) is 6.68. The molecule has 0 amide bonds. The molecular weight excluding hydrogens is 269 g/mol. The standard InChI is InChI=1S/C15H18FN5/c1-4-21(3)10-19-13-8-12(16)9-14(11(13)2)20-15-17-6-5-7-18-15/h5-10H,4H2,1-3H3,(H,17,18,20)/b19-10+. The highest BCUT2D eigenvalue weighted by Gasteiger charge is 2.08. The minimum atomic E-state index is -0.356. The highest BCUT2D eigenvalue weighted by molar-refractivity contribution is 5.70. The van der Waals surface area contributed by atoms with Crippen LogP contribution in [0.1, 0.15) is 12.5 Å². The molecular formula is C15H18FN5. The Labute approximate surface area is 123 Å². The van der Waals surface area contributed by atoms with E-state index in [2.05, 4.69) is 20.3 Å². The number of rotatable bonds is 5. The van der Waals surface area contributed by atoms with E-state index < -0.39 is 0 Å². The van der Waals surface area contributed by atoms with Gasteiger partial charge in [0.15, 0.2) is 0 Å². The summed E-state index contributed by atoms with van der Waals surface area (Å²) in [6.45, 7) is 4.73. The first kappa shape index (κ1) is 14.9. The maximum Gasteiger partial charge on any atom is 0.227 e. The Morgan fingerprint density at radius 1 is 1.33 bits per heavy atom. The van der Waals surface area contributed by atoms with Gasteiger partial charge in [0.25, 0.3) is 0 Å². The van der Waals surface area contributed by atoms with Crippen LogP contribution in [0.3, 0.4) is 0 Å². The van der Waals surface area contributed by atoms with Crippen molar-refractivity contribution in [3.63, 3.8) is 0 Å². The molecule has 0 aliphatic carbocycles. The smallest absolute Gasteiger partial charge is 0.227 e. The SMILES string of the molecule is CCN(C)/C=N/c1cc(F)cc(Nc2ncccn2)c1C. The summed E-state index contributed by atoms with van der Waals surface area (Å²) in [4.78, 5) is 14.4. The van der Waals surface area contributed by atoms with Crippen LogP contribution < -0.4 is 5.32 Å². The van der Waals surface area contributed by atoms with Crippen LogP contribution in [-0.2, 0) is 0 Å². The lowest BCUT2D eigenvalue weighted by Gasteiger charge is -2.12. The van der Waals surface area contributed by atoms with Crippen molar-refractivity contribution in [2.45, 2.75) is 13.8 Å². The molecule has 0 atom stereocenters. The molecule has 0 aliphatic heterocycles. The Kier molecular flexibility index (Phi) is 4.81. The molecule has 1 aromatic heterocycles. The molecule has 1 heterocycles. The molecule has 6 heteroatoms. The van der Waals surface area contributed by atoms with Crippen LogP contribution in [0.4, 0.5) is 21.7 Å². The number of aliphatic imine (C=N–C) groups is 1. The summed E-state index contributed by atoms with van der Waals surface area (Å²) in [6, 6.07) is 4.54. The largest absolute Gasteiger partial charge is 0.366 e. The van der Waals surface area contributed by atoms with E-state index in [1.54, 1.807) is 24.8 Å². The average molecular weight is 287 g/mol. The first-order valence-electron chi connectivity index (χ1n) is 6.68. The van der Waals surface area contributed by atoms with Crippen LogP contribution >= 0.6 is 0 Å². The highest BCUT2D eigenvalue weighted by atomic mass is 19.1. The van der Waals surface area contributed by atoms with Crippen LogP contribution in [0, 0.1) is 12.7 Å². The van der Waals surface area contributed by atoms with Crippen molar-refractivity contribution in [3.05, 3.63) is 42.0 Å². The van der Waals surface area contributed by atoms with Gasteiger partial charge in [0, 0.05) is 31.7 Å². The number of nitrogens with zero attached hydrogens (tertiary/aromatic N) is 4. The lowest BCUT2D eigenvalue weighted by Crippen LogP contribution is -2.14. The quantitative estimate of drug-likeness (QED) is 0.677. The average Bonchev–Trinajstić information content (AvgIpc) is 2.49. The fraction of sp³-hybridized carbons (Fsp3) is 0.267. The zero-order valence-corrected chi connectivity index (χ0v) is 12.3. The van der Waals surface area contributed by atoms with Gasteiger partial charge in [-0.05, 0) is 37.6 Å². The molecule has 1 aromatic carbocycles. The Morgan fingerprint density at radius 3 is 2.71 bits per heavy atom. The monoisotopic (exact) mass is 287 g/mol. The van der Waals surface area contributed by atoms with Gasteiger partial charge in [-0.2, -0.15) is 0 Å². The highest BCUT2D eigenvalue weighted by Crippen LogP contribution is 2.28. The summed E-state index contributed by atoms with van der Waals surface area (Å²) in [7, 11) is 1.91. The Morgan fingerprint density at radius 2 is 2.05 bits per heavy atom. The lowest BCUT2D eigenvalue weighted by atomic mass is 10.1. The van der Waals surface area contributed by atoms with Gasteiger partial charge in [0.2, 0.25) is 5.95 Å². The van der Waals surface area contributed by atoms with Gasteiger partial charge >= 0.3 is 0 Å². The molecule has 110 valence electrons. The minimum Gasteiger partial charge on any atom is -0.366 e. The molecule has 0 saturated carbocycles. The second-order valence-electron chi connectivity index (χ2n) is 4.61. The van der Waals surface area contributed by atoms with E-state index in [9.17, 15) is 4.39 Å². The number of halogens is 1. The molecule has 0 bridgehead atoms. The van der Waals surface area contributed by atoms with E-state index in [0.717, 1.165) is 12.1 Å². The van der Waals surface area contributed by atoms with Gasteiger partial charge in [-0.1, -0.05) is 0 Å². The number of benzene rings is 1. The number of anilines is 2. The summed E-state index contributed by atoms with van der Waals surface area (Å²) in [5, 5.41) is 3.01. The molecule has 0 saturated heterocycles. The van der Waals surface area contributed by atoms with Gasteiger partial charge in [-0.25, -0.2) is 19.4 Å². The molecule has 2 aromatic rings. The van der Waals surface area contributed by atoms with Crippen LogP contribution in [0.2, 0.25) is 0 Å². The van der Waals surface area contributed by atoms with E-state index in [1.165, 1.54) is 12.1 Å². The van der Waals surface area contributed by atoms with Gasteiger partial charge in [0.05, 0.1) is 12.0 Å². The van der Waals surface area contributed by atoms with Crippen LogP contribution in [0.5, 0.6) is 0 Å². The van der Waals surface area contributed by atoms with E-state index in [-0.39, 0.29) is 5.82 Å². The van der Waals surface area contributed by atoms with Crippen LogP contribution in [0.15, 0.2) is 35.6 Å². The minimum absolute atomic E-state index is 0.356. The van der Waals surface area contributed by atoms with E-state index in [0.29, 0.717) is 17.3 Å². The molecule has 0 spiro atoms. The Hall–Kier alpha value is -2.50. The molecule has 2 rings (SSSR count). The fourth-order valence-electron chi connectivity index (χ4n) is 1.66. The van der Waals surface area contributed by atoms with Crippen molar-refractivity contribution in [1.82, 2.24) is 14.9 Å². The molecule has 1 N–H and O–H groups in total. The third-order valence-electron chi connectivity index (χ3n) is 3.05. The zero-order chi connectivity index (χ0) is 15.2. The second kappa shape index (κ2) is 6.78. The van der Waals surface area contributed by atoms with Crippen molar-refractivity contribution >= 4 is 23.7 Å². The van der Waals surface area contributed by atoms with Crippen molar-refractivity contribution in [1.29, 1.82) is 0 Å². The third-order valence-corrected chi connectivity index (χ3v) is 3.05.